The van der Waals surface area contributed by atoms with E-state index >= 15 is 0 Å². The molecule has 7 heteroatoms. The van der Waals surface area contributed by atoms with Crippen LogP contribution in [0.5, 0.6) is 0 Å². The van der Waals surface area contributed by atoms with E-state index in [0.29, 0.717) is 35.1 Å². The van der Waals surface area contributed by atoms with Gasteiger partial charge in [0.2, 0.25) is 0 Å². The maximum absolute atomic E-state index is 13.8. The summed E-state index contributed by atoms with van der Waals surface area (Å²) in [5.74, 6) is -0.494. The third-order valence-electron chi connectivity index (χ3n) is 3.83. The van der Waals surface area contributed by atoms with Gasteiger partial charge in [-0.25, -0.2) is 8.78 Å². The Labute approximate surface area is 131 Å². The van der Waals surface area contributed by atoms with Crippen molar-refractivity contribution in [2.24, 2.45) is 0 Å². The van der Waals surface area contributed by atoms with E-state index in [1.165, 1.54) is 17.8 Å². The van der Waals surface area contributed by atoms with Crippen LogP contribution >= 0.6 is 11.8 Å². The highest BCUT2D eigenvalue weighted by atomic mass is 32.2. The Morgan fingerprint density at radius 3 is 2.91 bits per heavy atom. The van der Waals surface area contributed by atoms with Crippen LogP contribution in [-0.4, -0.2) is 19.9 Å². The van der Waals surface area contributed by atoms with E-state index in [0.717, 1.165) is 18.9 Å². The minimum absolute atomic E-state index is 0.0356. The molecule has 22 heavy (non-hydrogen) atoms. The lowest BCUT2D eigenvalue weighted by Gasteiger charge is -2.13. The first-order chi connectivity index (χ1) is 10.6. The van der Waals surface area contributed by atoms with Gasteiger partial charge in [0.1, 0.15) is 18.2 Å². The first-order valence-electron chi connectivity index (χ1n) is 7.31. The van der Waals surface area contributed by atoms with E-state index in [2.05, 4.69) is 10.2 Å². The van der Waals surface area contributed by atoms with Crippen LogP contribution in [0, 0.1) is 11.6 Å². The van der Waals surface area contributed by atoms with Crippen molar-refractivity contribution in [2.75, 3.05) is 0 Å². The Bertz CT molecular complexity index is 690. The van der Waals surface area contributed by atoms with E-state index in [4.69, 9.17) is 0 Å². The Balaban J connectivity index is 1.89. The molecule has 2 aromatic rings. The van der Waals surface area contributed by atoms with E-state index in [1.54, 1.807) is 0 Å². The molecule has 1 aromatic heterocycles. The molecule has 1 aliphatic rings. The highest BCUT2D eigenvalue weighted by molar-refractivity contribution is 7.99. The third kappa shape index (κ3) is 2.75. The van der Waals surface area contributed by atoms with Crippen LogP contribution in [0.15, 0.2) is 17.3 Å². The second kappa shape index (κ2) is 6.34. The van der Waals surface area contributed by atoms with E-state index < -0.39 is 11.6 Å². The quantitative estimate of drug-likeness (QED) is 0.917. The number of aliphatic hydroxyl groups is 1. The summed E-state index contributed by atoms with van der Waals surface area (Å²) >= 11 is 1.46. The molecule has 4 nitrogen and oxygen atoms in total. The number of aliphatic hydroxyl groups excluding tert-OH is 1. The number of benzene rings is 1. The van der Waals surface area contributed by atoms with Gasteiger partial charge in [0.15, 0.2) is 11.0 Å². The Morgan fingerprint density at radius 2 is 2.18 bits per heavy atom. The average Bonchev–Trinajstić information content (AvgIpc) is 3.05. The lowest BCUT2D eigenvalue weighted by molar-refractivity contribution is 0.263. The normalized spacial score (nSPS) is 17.0. The Kier molecular flexibility index (Phi) is 4.44. The molecule has 0 saturated heterocycles. The van der Waals surface area contributed by atoms with Gasteiger partial charge in [-0.3, -0.25) is 0 Å². The van der Waals surface area contributed by atoms with Crippen molar-refractivity contribution in [1.82, 2.24) is 14.8 Å². The number of hydrogen-bond acceptors (Lipinski definition) is 4. The van der Waals surface area contributed by atoms with E-state index in [9.17, 15) is 13.9 Å². The van der Waals surface area contributed by atoms with Crippen LogP contribution in [0.25, 0.3) is 0 Å². The first kappa shape index (κ1) is 15.4. The maximum atomic E-state index is 13.8. The predicted molar refractivity (Wildman–Crippen MR) is 79.5 cm³/mol. The SMILES string of the molecule is CCCn1c(CO)nnc1SC1CCc2c(F)cc(F)cc21. The summed E-state index contributed by atoms with van der Waals surface area (Å²) in [6.45, 7) is 2.58. The fourth-order valence-electron chi connectivity index (χ4n) is 2.83. The van der Waals surface area contributed by atoms with Crippen molar-refractivity contribution in [2.45, 2.75) is 49.7 Å². The van der Waals surface area contributed by atoms with Gasteiger partial charge in [-0.05, 0) is 36.5 Å². The second-order valence-electron chi connectivity index (χ2n) is 5.31. The van der Waals surface area contributed by atoms with Gasteiger partial charge in [-0.1, -0.05) is 18.7 Å². The van der Waals surface area contributed by atoms with Gasteiger partial charge in [-0.2, -0.15) is 0 Å². The Hall–Kier alpha value is -1.47. The zero-order valence-corrected chi connectivity index (χ0v) is 13.0. The smallest absolute Gasteiger partial charge is 0.191 e. The van der Waals surface area contributed by atoms with Crippen LogP contribution in [0.1, 0.15) is 42.0 Å². The predicted octanol–water partition coefficient (Wildman–Crippen LogP) is 3.24. The van der Waals surface area contributed by atoms with Gasteiger partial charge in [0.25, 0.3) is 0 Å². The largest absolute Gasteiger partial charge is 0.388 e. The molecule has 1 N–H and O–H groups in total. The fraction of sp³-hybridized carbons (Fsp3) is 0.467. The van der Waals surface area contributed by atoms with Crippen molar-refractivity contribution >= 4 is 11.8 Å². The number of thioether (sulfide) groups is 1. The summed E-state index contributed by atoms with van der Waals surface area (Å²) in [6, 6.07) is 2.35. The number of aromatic nitrogens is 3. The minimum Gasteiger partial charge on any atom is -0.388 e. The molecule has 1 aliphatic carbocycles. The van der Waals surface area contributed by atoms with Crippen molar-refractivity contribution < 1.29 is 13.9 Å². The minimum atomic E-state index is -0.546. The molecule has 0 radical (unpaired) electrons. The monoisotopic (exact) mass is 325 g/mol. The zero-order chi connectivity index (χ0) is 15.7. The number of halogens is 2. The summed E-state index contributed by atoms with van der Waals surface area (Å²) in [7, 11) is 0. The Morgan fingerprint density at radius 1 is 1.36 bits per heavy atom. The second-order valence-corrected chi connectivity index (χ2v) is 6.48. The van der Waals surface area contributed by atoms with Gasteiger partial charge >= 0.3 is 0 Å². The number of rotatable bonds is 5. The molecular weight excluding hydrogens is 308 g/mol. The molecule has 0 fully saturated rings. The molecule has 1 unspecified atom stereocenters. The molecule has 0 amide bonds. The average molecular weight is 325 g/mol. The van der Waals surface area contributed by atoms with Gasteiger partial charge < -0.3 is 9.67 Å². The van der Waals surface area contributed by atoms with Crippen molar-refractivity contribution in [3.63, 3.8) is 0 Å². The fourth-order valence-corrected chi connectivity index (χ4v) is 4.07. The number of fused-ring (bicyclic) bond motifs is 1. The van der Waals surface area contributed by atoms with Crippen molar-refractivity contribution in [1.29, 1.82) is 0 Å². The maximum Gasteiger partial charge on any atom is 0.191 e. The molecule has 0 aliphatic heterocycles. The van der Waals surface area contributed by atoms with E-state index in [-0.39, 0.29) is 11.9 Å². The summed E-state index contributed by atoms with van der Waals surface area (Å²) in [6.07, 6.45) is 2.24. The zero-order valence-electron chi connectivity index (χ0n) is 12.2. The standard InChI is InChI=1S/C15H17F2N3OS/c1-2-5-20-14(8-21)18-19-15(20)22-13-4-3-10-11(13)6-9(16)7-12(10)17/h6-7,13,21H,2-5,8H2,1H3. The van der Waals surface area contributed by atoms with Crippen LogP contribution < -0.4 is 0 Å². The van der Waals surface area contributed by atoms with Gasteiger partial charge in [-0.15, -0.1) is 10.2 Å². The van der Waals surface area contributed by atoms with Crippen molar-refractivity contribution in [3.05, 3.63) is 40.7 Å². The lowest BCUT2D eigenvalue weighted by atomic mass is 10.1. The van der Waals surface area contributed by atoms with Gasteiger partial charge in [0, 0.05) is 17.9 Å². The molecule has 1 heterocycles. The number of hydrogen-bond donors (Lipinski definition) is 1. The number of nitrogens with zero attached hydrogens (tertiary/aromatic N) is 3. The molecular formula is C15H17F2N3OS. The van der Waals surface area contributed by atoms with Gasteiger partial charge in [0.05, 0.1) is 0 Å². The molecule has 0 bridgehead atoms. The lowest BCUT2D eigenvalue weighted by Crippen LogP contribution is -2.05. The van der Waals surface area contributed by atoms with Crippen LogP contribution in [0.3, 0.4) is 0 Å². The van der Waals surface area contributed by atoms with E-state index in [1.807, 2.05) is 11.5 Å². The van der Waals surface area contributed by atoms with Crippen LogP contribution in [-0.2, 0) is 19.6 Å². The molecule has 1 aromatic carbocycles. The highest BCUT2D eigenvalue weighted by Gasteiger charge is 2.28. The van der Waals surface area contributed by atoms with Crippen LogP contribution in [0.4, 0.5) is 8.78 Å². The molecule has 1 atom stereocenters. The third-order valence-corrected chi connectivity index (χ3v) is 5.11. The molecule has 3 rings (SSSR count). The first-order valence-corrected chi connectivity index (χ1v) is 8.19. The summed E-state index contributed by atoms with van der Waals surface area (Å²) in [5, 5.41) is 18.1. The molecule has 0 spiro atoms. The van der Waals surface area contributed by atoms with Crippen LogP contribution in [0.2, 0.25) is 0 Å². The summed E-state index contributed by atoms with van der Waals surface area (Å²) in [4.78, 5) is 0. The topological polar surface area (TPSA) is 50.9 Å². The molecule has 118 valence electrons. The summed E-state index contributed by atoms with van der Waals surface area (Å²) < 4.78 is 29.2. The van der Waals surface area contributed by atoms with Crippen molar-refractivity contribution in [3.8, 4) is 0 Å². The molecule has 0 saturated carbocycles. The highest BCUT2D eigenvalue weighted by Crippen LogP contribution is 2.45. The summed E-state index contributed by atoms with van der Waals surface area (Å²) in [5.41, 5.74) is 1.31.